The number of halogens is 1. The second-order valence-corrected chi connectivity index (χ2v) is 14.6. The molecule has 4 aromatic rings. The quantitative estimate of drug-likeness (QED) is 0.228. The Kier molecular flexibility index (Phi) is 8.09. The van der Waals surface area contributed by atoms with Gasteiger partial charge >= 0.3 is 6.03 Å². The summed E-state index contributed by atoms with van der Waals surface area (Å²) in [6.45, 7) is 8.37. The fourth-order valence-electron chi connectivity index (χ4n) is 6.40. The van der Waals surface area contributed by atoms with Crippen molar-refractivity contribution in [2.45, 2.75) is 77.3 Å². The molecule has 7 nitrogen and oxygen atoms in total. The van der Waals surface area contributed by atoms with Crippen LogP contribution >= 0.6 is 22.9 Å². The van der Waals surface area contributed by atoms with Gasteiger partial charge in [-0.3, -0.25) is 10.1 Å². The van der Waals surface area contributed by atoms with Crippen LogP contribution in [0, 0.1) is 12.8 Å². The first-order valence-electron chi connectivity index (χ1n) is 15.0. The maximum absolute atomic E-state index is 13.2. The second kappa shape index (κ2) is 11.8. The number of fused-ring (bicyclic) bond motifs is 2. The van der Waals surface area contributed by atoms with Gasteiger partial charge in [0.25, 0.3) is 5.91 Å². The van der Waals surface area contributed by atoms with E-state index in [-0.39, 0.29) is 17.4 Å². The van der Waals surface area contributed by atoms with Gasteiger partial charge in [0.15, 0.2) is 0 Å². The zero-order valence-electron chi connectivity index (χ0n) is 25.1. The molecule has 2 aliphatic heterocycles. The highest BCUT2D eigenvalue weighted by Gasteiger charge is 2.43. The monoisotopic (exact) mass is 615 g/mol. The Morgan fingerprint density at radius 3 is 2.23 bits per heavy atom. The third-order valence-electron chi connectivity index (χ3n) is 8.58. The van der Waals surface area contributed by atoms with Crippen LogP contribution < -0.4 is 10.6 Å². The number of amides is 3. The highest BCUT2D eigenvalue weighted by atomic mass is 35.5. The molecule has 0 aliphatic carbocycles. The molecule has 43 heavy (non-hydrogen) atoms. The molecule has 3 amide bonds. The summed E-state index contributed by atoms with van der Waals surface area (Å²) in [6.07, 6.45) is 5.16. The molecular formula is C34H38ClN5O2S. The summed E-state index contributed by atoms with van der Waals surface area (Å²) in [6, 6.07) is 22.1. The molecule has 0 radical (unpaired) electrons. The maximum Gasteiger partial charge on any atom is 0.324 e. The van der Waals surface area contributed by atoms with Gasteiger partial charge in [-0.15, -0.1) is 11.3 Å². The highest BCUT2D eigenvalue weighted by Crippen LogP contribution is 2.41. The van der Waals surface area contributed by atoms with Crippen molar-refractivity contribution in [3.63, 3.8) is 0 Å². The third-order valence-corrected chi connectivity index (χ3v) is 9.80. The molecule has 2 atom stereocenters. The Bertz CT molecular complexity index is 1610. The molecule has 4 heterocycles. The number of hydrogen-bond acceptors (Lipinski definition) is 4. The van der Waals surface area contributed by atoms with Crippen molar-refractivity contribution in [1.29, 1.82) is 0 Å². The van der Waals surface area contributed by atoms with E-state index in [1.165, 1.54) is 16.9 Å². The van der Waals surface area contributed by atoms with Gasteiger partial charge in [0.05, 0.1) is 20.6 Å². The van der Waals surface area contributed by atoms with E-state index in [0.29, 0.717) is 28.2 Å². The maximum atomic E-state index is 13.2. The SMILES string of the molecule is Cc1ccc(-n2nc(C(C)(C)C)cc2NC(=O)Nc2ccc(CC3CC4CCC(C3)N4C(=O)c3ccc(Cl)s3)cc2)cc1. The summed E-state index contributed by atoms with van der Waals surface area (Å²) in [7, 11) is 0. The predicted molar refractivity (Wildman–Crippen MR) is 175 cm³/mol. The normalized spacial score (nSPS) is 19.8. The molecule has 9 heteroatoms. The van der Waals surface area contributed by atoms with Crippen molar-refractivity contribution in [2.24, 2.45) is 5.92 Å². The van der Waals surface area contributed by atoms with Gasteiger partial charge in [0.1, 0.15) is 5.82 Å². The van der Waals surface area contributed by atoms with Crippen LogP contribution in [0.5, 0.6) is 0 Å². The molecular weight excluding hydrogens is 578 g/mol. The minimum Gasteiger partial charge on any atom is -0.332 e. The van der Waals surface area contributed by atoms with E-state index in [4.69, 9.17) is 16.7 Å². The van der Waals surface area contributed by atoms with E-state index in [1.807, 2.05) is 55.5 Å². The molecule has 2 saturated heterocycles. The lowest BCUT2D eigenvalue weighted by molar-refractivity contribution is 0.0529. The number of urea groups is 1. The fraction of sp³-hybridized carbons (Fsp3) is 0.382. The zero-order valence-corrected chi connectivity index (χ0v) is 26.6. The summed E-state index contributed by atoms with van der Waals surface area (Å²) in [4.78, 5) is 29.1. The standard InChI is InChI=1S/C34H38ClN5O2S/c1-21-5-11-25(12-6-21)40-31(20-29(38-40)34(2,3)4)37-33(42)36-24-9-7-22(8-10-24)17-23-18-26-13-14-27(19-23)39(26)32(41)28-15-16-30(35)43-28/h5-12,15-16,20,23,26-27H,13-14,17-19H2,1-4H3,(H2,36,37,42). The second-order valence-electron chi connectivity index (χ2n) is 12.9. The van der Waals surface area contributed by atoms with Gasteiger partial charge in [-0.2, -0.15) is 5.10 Å². The molecule has 2 fully saturated rings. The molecule has 2 aromatic heterocycles. The molecule has 2 aliphatic rings. The van der Waals surface area contributed by atoms with Crippen LogP contribution in [0.4, 0.5) is 16.3 Å². The average Bonchev–Trinajstić information content (AvgIpc) is 3.66. The third kappa shape index (κ3) is 6.50. The largest absolute Gasteiger partial charge is 0.332 e. The van der Waals surface area contributed by atoms with E-state index in [0.717, 1.165) is 59.6 Å². The summed E-state index contributed by atoms with van der Waals surface area (Å²) in [5.74, 6) is 1.28. The van der Waals surface area contributed by atoms with Crippen molar-refractivity contribution >= 4 is 46.4 Å². The molecule has 0 saturated carbocycles. The molecule has 0 spiro atoms. The van der Waals surface area contributed by atoms with Gasteiger partial charge in [-0.1, -0.05) is 62.2 Å². The van der Waals surface area contributed by atoms with Gasteiger partial charge in [-0.05, 0) is 86.9 Å². The first-order chi connectivity index (χ1) is 20.5. The number of nitrogens with zero attached hydrogens (tertiary/aromatic N) is 3. The van der Waals surface area contributed by atoms with Crippen LogP contribution in [0.1, 0.15) is 72.9 Å². The minimum absolute atomic E-state index is 0.132. The Morgan fingerprint density at radius 2 is 1.63 bits per heavy atom. The van der Waals surface area contributed by atoms with Crippen LogP contribution in [-0.2, 0) is 11.8 Å². The molecule has 2 aromatic carbocycles. The summed E-state index contributed by atoms with van der Waals surface area (Å²) >= 11 is 7.46. The van der Waals surface area contributed by atoms with E-state index in [1.54, 1.807) is 10.7 Å². The van der Waals surface area contributed by atoms with Gasteiger partial charge in [0, 0.05) is 29.3 Å². The Morgan fingerprint density at radius 1 is 0.953 bits per heavy atom. The minimum atomic E-state index is -0.317. The number of thiophene rings is 1. The number of piperidine rings is 1. The Labute approximate surface area is 262 Å². The number of hydrogen-bond donors (Lipinski definition) is 2. The number of benzene rings is 2. The Hall–Kier alpha value is -3.62. The number of carbonyl (C=O) groups is 2. The van der Waals surface area contributed by atoms with Crippen LogP contribution in [0.25, 0.3) is 5.69 Å². The molecule has 2 N–H and O–H groups in total. The van der Waals surface area contributed by atoms with Crippen LogP contribution in [0.3, 0.4) is 0 Å². The summed E-state index contributed by atoms with van der Waals surface area (Å²) < 4.78 is 2.44. The van der Waals surface area contributed by atoms with Gasteiger partial charge < -0.3 is 10.2 Å². The van der Waals surface area contributed by atoms with Crippen molar-refractivity contribution in [3.05, 3.63) is 92.8 Å². The topological polar surface area (TPSA) is 79.3 Å². The number of anilines is 2. The zero-order chi connectivity index (χ0) is 30.3. The van der Waals surface area contributed by atoms with Crippen molar-refractivity contribution in [2.75, 3.05) is 10.6 Å². The number of aromatic nitrogens is 2. The molecule has 224 valence electrons. The smallest absolute Gasteiger partial charge is 0.324 e. The van der Waals surface area contributed by atoms with Crippen LogP contribution in [0.2, 0.25) is 4.34 Å². The fourth-order valence-corrected chi connectivity index (χ4v) is 7.39. The first kappa shape index (κ1) is 29.5. The highest BCUT2D eigenvalue weighted by molar-refractivity contribution is 7.18. The molecule has 2 bridgehead atoms. The Balaban J connectivity index is 1.07. The lowest BCUT2D eigenvalue weighted by atomic mass is 9.85. The van der Waals surface area contributed by atoms with Crippen molar-refractivity contribution in [1.82, 2.24) is 14.7 Å². The van der Waals surface area contributed by atoms with Crippen LogP contribution in [0.15, 0.2) is 66.7 Å². The number of nitrogens with one attached hydrogen (secondary N) is 2. The lowest BCUT2D eigenvalue weighted by Gasteiger charge is -2.39. The molecule has 2 unspecified atom stereocenters. The average molecular weight is 616 g/mol. The predicted octanol–water partition coefficient (Wildman–Crippen LogP) is 8.46. The number of aryl methyl sites for hydroxylation is 1. The number of carbonyl (C=O) groups excluding carboxylic acids is 2. The van der Waals surface area contributed by atoms with E-state index < -0.39 is 0 Å². The van der Waals surface area contributed by atoms with Gasteiger partial charge in [0.2, 0.25) is 0 Å². The summed E-state index contributed by atoms with van der Waals surface area (Å²) in [5.41, 5.74) is 4.76. The van der Waals surface area contributed by atoms with Crippen molar-refractivity contribution < 1.29 is 9.59 Å². The van der Waals surface area contributed by atoms with E-state index >= 15 is 0 Å². The van der Waals surface area contributed by atoms with Crippen molar-refractivity contribution in [3.8, 4) is 5.69 Å². The number of rotatable bonds is 6. The van der Waals surface area contributed by atoms with E-state index in [9.17, 15) is 9.59 Å². The van der Waals surface area contributed by atoms with Crippen LogP contribution in [-0.4, -0.2) is 38.7 Å². The first-order valence-corrected chi connectivity index (χ1v) is 16.2. The van der Waals surface area contributed by atoms with Gasteiger partial charge in [-0.25, -0.2) is 9.48 Å². The lowest BCUT2D eigenvalue weighted by Crippen LogP contribution is -2.46. The molecule has 6 rings (SSSR count). The summed E-state index contributed by atoms with van der Waals surface area (Å²) in [5, 5.41) is 10.8. The van der Waals surface area contributed by atoms with E-state index in [2.05, 4.69) is 48.4 Å².